The Kier molecular flexibility index (Phi) is 5.62. The third kappa shape index (κ3) is 4.38. The number of aromatic nitrogens is 1. The highest BCUT2D eigenvalue weighted by molar-refractivity contribution is 7.89. The summed E-state index contributed by atoms with van der Waals surface area (Å²) in [6.45, 7) is 4.22. The van der Waals surface area contributed by atoms with E-state index in [1.807, 2.05) is 0 Å². The topological polar surface area (TPSA) is 73.1 Å². The molecule has 3 rings (SSSR count). The maximum atomic E-state index is 12.9. The lowest BCUT2D eigenvalue weighted by Gasteiger charge is -2.26. The quantitative estimate of drug-likeness (QED) is 0.712. The minimum absolute atomic E-state index is 0.0198. The summed E-state index contributed by atoms with van der Waals surface area (Å²) < 4.78 is 61.7. The molecule has 29 heavy (non-hydrogen) atoms. The molecule has 0 radical (unpaired) electrons. The van der Waals surface area contributed by atoms with E-state index in [1.165, 1.54) is 24.4 Å². The molecule has 0 atom stereocenters. The van der Waals surface area contributed by atoms with E-state index in [4.69, 9.17) is 5.14 Å². The van der Waals surface area contributed by atoms with Crippen LogP contribution < -0.4 is 5.14 Å². The van der Waals surface area contributed by atoms with Gasteiger partial charge in [-0.15, -0.1) is 0 Å². The smallest absolute Gasteiger partial charge is 0.243 e. The fourth-order valence-corrected chi connectivity index (χ4v) is 4.37. The zero-order chi connectivity index (χ0) is 21.4. The Morgan fingerprint density at radius 2 is 1.48 bits per heavy atom. The van der Waals surface area contributed by atoms with Crippen LogP contribution in [0.1, 0.15) is 56.2 Å². The number of allylic oxidation sites excluding steroid dienone is 2. The second-order valence-corrected chi connectivity index (χ2v) is 9.03. The van der Waals surface area contributed by atoms with Crippen LogP contribution in [0.25, 0.3) is 11.1 Å². The maximum Gasteiger partial charge on any atom is 0.416 e. The van der Waals surface area contributed by atoms with Crippen molar-refractivity contribution in [3.8, 4) is 0 Å². The average molecular weight is 424 g/mol. The Morgan fingerprint density at radius 1 is 0.966 bits per heavy atom. The number of rotatable bonds is 5. The Balaban J connectivity index is 2.08. The summed E-state index contributed by atoms with van der Waals surface area (Å²) in [5.41, 5.74) is 2.81. The summed E-state index contributed by atoms with van der Waals surface area (Å²) >= 11 is 0. The highest BCUT2D eigenvalue weighted by Crippen LogP contribution is 2.53. The molecule has 0 spiro atoms. The molecular weight excluding hydrogens is 401 g/mol. The summed E-state index contributed by atoms with van der Waals surface area (Å²) in [6, 6.07) is 8.23. The number of benzene rings is 1. The predicted octanol–water partition coefficient (Wildman–Crippen LogP) is 5.26. The highest BCUT2D eigenvalue weighted by atomic mass is 32.2. The monoisotopic (exact) mass is 424 g/mol. The van der Waals surface area contributed by atoms with Crippen LogP contribution in [0.2, 0.25) is 0 Å². The average Bonchev–Trinajstić information content (AvgIpc) is 3.07. The first-order chi connectivity index (χ1) is 13.5. The zero-order valence-corrected chi connectivity index (χ0v) is 17.1. The molecule has 0 amide bonds. The SMILES string of the molecule is CCC1(CC)CC(c2ccc(C(F)(F)F)cc2)=C(c2ccc(S(N)(=O)=O)nc2)C1. The van der Waals surface area contributed by atoms with Crippen molar-refractivity contribution in [2.45, 2.75) is 50.7 Å². The molecule has 1 aliphatic rings. The lowest BCUT2D eigenvalue weighted by atomic mass is 9.78. The van der Waals surface area contributed by atoms with Crippen LogP contribution in [0, 0.1) is 5.41 Å². The molecular formula is C21H23F3N2O2S. The van der Waals surface area contributed by atoms with Gasteiger partial charge in [0.05, 0.1) is 5.56 Å². The Morgan fingerprint density at radius 3 is 1.90 bits per heavy atom. The first-order valence-electron chi connectivity index (χ1n) is 9.38. The summed E-state index contributed by atoms with van der Waals surface area (Å²) in [4.78, 5) is 3.97. The number of hydrogen-bond donors (Lipinski definition) is 1. The van der Waals surface area contributed by atoms with Gasteiger partial charge >= 0.3 is 6.18 Å². The molecule has 8 heteroatoms. The second-order valence-electron chi connectivity index (χ2n) is 7.52. The van der Waals surface area contributed by atoms with Crippen molar-refractivity contribution in [2.75, 3.05) is 0 Å². The normalized spacial score (nSPS) is 17.0. The Bertz CT molecular complexity index is 1020. The molecule has 1 aromatic carbocycles. The molecule has 156 valence electrons. The molecule has 1 aromatic heterocycles. The summed E-state index contributed by atoms with van der Waals surface area (Å²) in [5, 5.41) is 4.91. The summed E-state index contributed by atoms with van der Waals surface area (Å²) in [6.07, 6.45) is 0.458. The Labute approximate surface area is 168 Å². The van der Waals surface area contributed by atoms with Gasteiger partial charge in [0.25, 0.3) is 10.0 Å². The molecule has 0 saturated carbocycles. The predicted molar refractivity (Wildman–Crippen MR) is 106 cm³/mol. The number of nitrogens with zero attached hydrogens (tertiary/aromatic N) is 1. The van der Waals surface area contributed by atoms with E-state index < -0.39 is 21.8 Å². The number of hydrogen-bond acceptors (Lipinski definition) is 3. The lowest BCUT2D eigenvalue weighted by Crippen LogP contribution is -2.15. The van der Waals surface area contributed by atoms with Crippen molar-refractivity contribution in [2.24, 2.45) is 10.6 Å². The van der Waals surface area contributed by atoms with E-state index in [1.54, 1.807) is 6.07 Å². The van der Waals surface area contributed by atoms with E-state index in [2.05, 4.69) is 18.8 Å². The van der Waals surface area contributed by atoms with Crippen LogP contribution in [0.5, 0.6) is 0 Å². The van der Waals surface area contributed by atoms with E-state index in [-0.39, 0.29) is 10.4 Å². The van der Waals surface area contributed by atoms with Crippen LogP contribution in [0.3, 0.4) is 0 Å². The first-order valence-corrected chi connectivity index (χ1v) is 10.9. The lowest BCUT2D eigenvalue weighted by molar-refractivity contribution is -0.137. The van der Waals surface area contributed by atoms with Gasteiger partial charge in [-0.25, -0.2) is 18.5 Å². The van der Waals surface area contributed by atoms with E-state index >= 15 is 0 Å². The minimum atomic E-state index is -4.38. The van der Waals surface area contributed by atoms with E-state index in [9.17, 15) is 21.6 Å². The summed E-state index contributed by atoms with van der Waals surface area (Å²) in [5.74, 6) is 0. The van der Waals surface area contributed by atoms with Gasteiger partial charge in [0, 0.05) is 6.20 Å². The van der Waals surface area contributed by atoms with Crippen molar-refractivity contribution in [1.29, 1.82) is 0 Å². The largest absolute Gasteiger partial charge is 0.416 e. The van der Waals surface area contributed by atoms with Gasteiger partial charge in [-0.1, -0.05) is 32.0 Å². The minimum Gasteiger partial charge on any atom is -0.243 e. The molecule has 1 aliphatic carbocycles. The van der Waals surface area contributed by atoms with Gasteiger partial charge < -0.3 is 0 Å². The zero-order valence-electron chi connectivity index (χ0n) is 16.3. The maximum absolute atomic E-state index is 12.9. The van der Waals surface area contributed by atoms with E-state index in [0.29, 0.717) is 0 Å². The number of halogens is 3. The van der Waals surface area contributed by atoms with Gasteiger partial charge in [-0.3, -0.25) is 0 Å². The van der Waals surface area contributed by atoms with Crippen LogP contribution in [-0.4, -0.2) is 13.4 Å². The van der Waals surface area contributed by atoms with Crippen molar-refractivity contribution in [1.82, 2.24) is 4.98 Å². The Hall–Kier alpha value is -2.19. The molecule has 2 N–H and O–H groups in total. The third-order valence-electron chi connectivity index (χ3n) is 5.90. The third-order valence-corrected chi connectivity index (χ3v) is 6.73. The number of primary sulfonamides is 1. The van der Waals surface area contributed by atoms with Crippen LogP contribution in [-0.2, 0) is 16.2 Å². The molecule has 4 nitrogen and oxygen atoms in total. The van der Waals surface area contributed by atoms with Gasteiger partial charge in [0.2, 0.25) is 0 Å². The summed E-state index contributed by atoms with van der Waals surface area (Å²) in [7, 11) is -3.89. The first kappa shape index (κ1) is 21.5. The standard InChI is InChI=1S/C21H23F3N2O2S/c1-3-20(4-2)11-17(14-5-8-16(9-6-14)21(22,23)24)18(12-20)15-7-10-19(26-13-15)29(25,27)28/h5-10,13H,3-4,11-12H2,1-2H3,(H2,25,27,28). The van der Waals surface area contributed by atoms with Crippen molar-refractivity contribution < 1.29 is 21.6 Å². The molecule has 0 unspecified atom stereocenters. The van der Waals surface area contributed by atoms with Gasteiger partial charge in [0.15, 0.2) is 5.03 Å². The molecule has 0 saturated heterocycles. The van der Waals surface area contributed by atoms with E-state index in [0.717, 1.165) is 60.1 Å². The molecule has 2 aromatic rings. The van der Waals surface area contributed by atoms with Crippen LogP contribution in [0.4, 0.5) is 13.2 Å². The van der Waals surface area contributed by atoms with Crippen molar-refractivity contribution in [3.05, 3.63) is 59.3 Å². The fraction of sp³-hybridized carbons (Fsp3) is 0.381. The van der Waals surface area contributed by atoms with Gasteiger partial charge in [0.1, 0.15) is 0 Å². The molecule has 0 bridgehead atoms. The van der Waals surface area contributed by atoms with Crippen molar-refractivity contribution in [3.63, 3.8) is 0 Å². The van der Waals surface area contributed by atoms with Crippen LogP contribution in [0.15, 0.2) is 47.6 Å². The number of nitrogens with two attached hydrogens (primary N) is 1. The number of pyridine rings is 1. The fourth-order valence-electron chi connectivity index (χ4n) is 3.92. The molecule has 0 aliphatic heterocycles. The highest BCUT2D eigenvalue weighted by Gasteiger charge is 2.37. The second kappa shape index (κ2) is 7.57. The molecule has 0 fully saturated rings. The van der Waals surface area contributed by atoms with Gasteiger partial charge in [-0.05, 0) is 71.6 Å². The molecule has 1 heterocycles. The number of sulfonamides is 1. The number of alkyl halides is 3. The van der Waals surface area contributed by atoms with Crippen molar-refractivity contribution >= 4 is 21.2 Å². The van der Waals surface area contributed by atoms with Crippen LogP contribution >= 0.6 is 0 Å². The van der Waals surface area contributed by atoms with Gasteiger partial charge in [-0.2, -0.15) is 13.2 Å².